The molecule has 2 N–H and O–H groups in total. The van der Waals surface area contributed by atoms with Gasteiger partial charge >= 0.3 is 0 Å². The molecule has 92 valence electrons. The zero-order valence-corrected chi connectivity index (χ0v) is 10.4. The molecule has 0 saturated carbocycles. The van der Waals surface area contributed by atoms with Crippen LogP contribution >= 0.6 is 0 Å². The third kappa shape index (κ3) is 1.97. The summed E-state index contributed by atoms with van der Waals surface area (Å²) in [6, 6.07) is 4.76. The average Bonchev–Trinajstić information content (AvgIpc) is 2.79. The van der Waals surface area contributed by atoms with E-state index in [4.69, 9.17) is 5.73 Å². The first-order chi connectivity index (χ1) is 8.24. The summed E-state index contributed by atoms with van der Waals surface area (Å²) in [5.41, 5.74) is 7.54. The Labute approximate surface area is 102 Å². The summed E-state index contributed by atoms with van der Waals surface area (Å²) in [6.45, 7) is 6.65. The van der Waals surface area contributed by atoms with Crippen LogP contribution in [0.25, 0.3) is 0 Å². The van der Waals surface area contributed by atoms with Crippen molar-refractivity contribution in [1.29, 1.82) is 0 Å². The van der Waals surface area contributed by atoms with Crippen LogP contribution in [-0.2, 0) is 0 Å². The quantitative estimate of drug-likeness (QED) is 0.791. The fourth-order valence-corrected chi connectivity index (χ4v) is 2.93. The van der Waals surface area contributed by atoms with Gasteiger partial charge in [-0.2, -0.15) is 0 Å². The molecular weight excluding hydrogens is 212 g/mol. The van der Waals surface area contributed by atoms with Crippen molar-refractivity contribution < 1.29 is 0 Å². The van der Waals surface area contributed by atoms with Gasteiger partial charge in [0.25, 0.3) is 0 Å². The number of anilines is 2. The third-order valence-corrected chi connectivity index (χ3v) is 4.02. The lowest BCUT2D eigenvalue weighted by Crippen LogP contribution is -2.50. The summed E-state index contributed by atoms with van der Waals surface area (Å²) in [5, 5.41) is 0. The van der Waals surface area contributed by atoms with E-state index in [1.165, 1.54) is 25.9 Å². The second kappa shape index (κ2) is 4.18. The number of hydrogen-bond acceptors (Lipinski definition) is 4. The van der Waals surface area contributed by atoms with Gasteiger partial charge in [0.15, 0.2) is 0 Å². The molecule has 4 heteroatoms. The predicted molar refractivity (Wildman–Crippen MR) is 70.2 cm³/mol. The largest absolute Gasteiger partial charge is 0.397 e. The maximum Gasteiger partial charge on any atom is 0.129 e. The van der Waals surface area contributed by atoms with Crippen molar-refractivity contribution >= 4 is 11.5 Å². The highest BCUT2D eigenvalue weighted by atomic mass is 15.3. The van der Waals surface area contributed by atoms with E-state index in [1.807, 2.05) is 19.1 Å². The molecule has 0 aromatic carbocycles. The lowest BCUT2D eigenvalue weighted by atomic mass is 10.1. The van der Waals surface area contributed by atoms with Gasteiger partial charge < -0.3 is 10.6 Å². The summed E-state index contributed by atoms with van der Waals surface area (Å²) in [4.78, 5) is 9.61. The first-order valence-electron chi connectivity index (χ1n) is 6.46. The third-order valence-electron chi connectivity index (χ3n) is 4.02. The number of piperazine rings is 1. The Kier molecular flexibility index (Phi) is 2.67. The topological polar surface area (TPSA) is 45.4 Å². The Balaban J connectivity index is 1.78. The van der Waals surface area contributed by atoms with E-state index in [0.717, 1.165) is 36.3 Å². The number of aromatic nitrogens is 1. The SMILES string of the molecule is Cc1nc(N2CCN3CCCC3C2)ccc1N. The molecule has 1 aromatic heterocycles. The van der Waals surface area contributed by atoms with Crippen molar-refractivity contribution in [1.82, 2.24) is 9.88 Å². The van der Waals surface area contributed by atoms with Crippen LogP contribution in [0.3, 0.4) is 0 Å². The lowest BCUT2D eigenvalue weighted by Gasteiger charge is -2.38. The molecule has 0 bridgehead atoms. The molecule has 2 aliphatic rings. The Morgan fingerprint density at radius 2 is 2.18 bits per heavy atom. The Morgan fingerprint density at radius 3 is 3.00 bits per heavy atom. The molecule has 1 unspecified atom stereocenters. The second-order valence-corrected chi connectivity index (χ2v) is 5.12. The monoisotopic (exact) mass is 232 g/mol. The molecule has 3 heterocycles. The van der Waals surface area contributed by atoms with Crippen molar-refractivity contribution in [2.45, 2.75) is 25.8 Å². The van der Waals surface area contributed by atoms with Crippen LogP contribution < -0.4 is 10.6 Å². The van der Waals surface area contributed by atoms with Crippen LogP contribution in [0.2, 0.25) is 0 Å². The highest BCUT2D eigenvalue weighted by Gasteiger charge is 2.30. The fraction of sp³-hybridized carbons (Fsp3) is 0.615. The van der Waals surface area contributed by atoms with Gasteiger partial charge in [-0.25, -0.2) is 4.98 Å². The Hall–Kier alpha value is -1.29. The van der Waals surface area contributed by atoms with E-state index in [9.17, 15) is 0 Å². The molecule has 0 aliphatic carbocycles. The smallest absolute Gasteiger partial charge is 0.129 e. The summed E-state index contributed by atoms with van der Waals surface area (Å²) in [5.74, 6) is 1.09. The van der Waals surface area contributed by atoms with Crippen LogP contribution in [0.1, 0.15) is 18.5 Å². The predicted octanol–water partition coefficient (Wildman–Crippen LogP) is 1.26. The number of hydrogen-bond donors (Lipinski definition) is 1. The highest BCUT2D eigenvalue weighted by Crippen LogP contribution is 2.25. The van der Waals surface area contributed by atoms with Gasteiger partial charge in [0.2, 0.25) is 0 Å². The number of nitrogens with two attached hydrogens (primary N) is 1. The number of fused-ring (bicyclic) bond motifs is 1. The number of rotatable bonds is 1. The molecule has 0 amide bonds. The van der Waals surface area contributed by atoms with E-state index in [1.54, 1.807) is 0 Å². The number of nitrogen functional groups attached to an aromatic ring is 1. The first kappa shape index (κ1) is 10.8. The molecule has 1 atom stereocenters. The number of pyridine rings is 1. The summed E-state index contributed by atoms with van der Waals surface area (Å²) >= 11 is 0. The Morgan fingerprint density at radius 1 is 1.29 bits per heavy atom. The average molecular weight is 232 g/mol. The van der Waals surface area contributed by atoms with Crippen molar-refractivity contribution in [2.75, 3.05) is 36.8 Å². The minimum Gasteiger partial charge on any atom is -0.397 e. The molecular formula is C13H20N4. The first-order valence-corrected chi connectivity index (χ1v) is 6.46. The molecule has 2 saturated heterocycles. The van der Waals surface area contributed by atoms with Gasteiger partial charge in [-0.15, -0.1) is 0 Å². The summed E-state index contributed by atoms with van der Waals surface area (Å²) in [7, 11) is 0. The van der Waals surface area contributed by atoms with E-state index in [2.05, 4.69) is 14.8 Å². The molecule has 2 fully saturated rings. The van der Waals surface area contributed by atoms with E-state index < -0.39 is 0 Å². The summed E-state index contributed by atoms with van der Waals surface area (Å²) in [6.07, 6.45) is 2.69. The molecule has 17 heavy (non-hydrogen) atoms. The van der Waals surface area contributed by atoms with Gasteiger partial charge in [0, 0.05) is 25.7 Å². The number of nitrogens with zero attached hydrogens (tertiary/aromatic N) is 3. The van der Waals surface area contributed by atoms with E-state index >= 15 is 0 Å². The van der Waals surface area contributed by atoms with Crippen molar-refractivity contribution in [3.63, 3.8) is 0 Å². The minimum absolute atomic E-state index is 0.739. The summed E-state index contributed by atoms with van der Waals surface area (Å²) < 4.78 is 0. The van der Waals surface area contributed by atoms with E-state index in [0.29, 0.717) is 0 Å². The van der Waals surface area contributed by atoms with Crippen molar-refractivity contribution in [2.24, 2.45) is 0 Å². The van der Waals surface area contributed by atoms with Crippen LogP contribution in [0.4, 0.5) is 11.5 Å². The zero-order chi connectivity index (χ0) is 11.8. The van der Waals surface area contributed by atoms with Gasteiger partial charge in [-0.1, -0.05) is 0 Å². The van der Waals surface area contributed by atoms with Gasteiger partial charge in [0.05, 0.1) is 11.4 Å². The molecule has 1 aromatic rings. The minimum atomic E-state index is 0.739. The lowest BCUT2D eigenvalue weighted by molar-refractivity contribution is 0.230. The van der Waals surface area contributed by atoms with Crippen LogP contribution in [0.5, 0.6) is 0 Å². The maximum absolute atomic E-state index is 5.81. The van der Waals surface area contributed by atoms with Crippen LogP contribution in [0, 0.1) is 6.92 Å². The van der Waals surface area contributed by atoms with Crippen LogP contribution in [0.15, 0.2) is 12.1 Å². The molecule has 0 spiro atoms. The second-order valence-electron chi connectivity index (χ2n) is 5.12. The molecule has 4 nitrogen and oxygen atoms in total. The van der Waals surface area contributed by atoms with Crippen molar-refractivity contribution in [3.05, 3.63) is 17.8 Å². The highest BCUT2D eigenvalue weighted by molar-refractivity contribution is 5.50. The normalized spacial score (nSPS) is 25.0. The van der Waals surface area contributed by atoms with Gasteiger partial charge in [-0.05, 0) is 38.4 Å². The maximum atomic E-state index is 5.81. The van der Waals surface area contributed by atoms with Crippen molar-refractivity contribution in [3.8, 4) is 0 Å². The molecule has 0 radical (unpaired) electrons. The zero-order valence-electron chi connectivity index (χ0n) is 10.4. The Bertz CT molecular complexity index is 418. The molecule has 3 rings (SSSR count). The molecule has 2 aliphatic heterocycles. The van der Waals surface area contributed by atoms with E-state index in [-0.39, 0.29) is 0 Å². The van der Waals surface area contributed by atoms with Gasteiger partial charge in [0.1, 0.15) is 5.82 Å². The van der Waals surface area contributed by atoms with Gasteiger partial charge in [-0.3, -0.25) is 4.90 Å². The standard InChI is InChI=1S/C13H20N4/c1-10-12(14)4-5-13(15-10)17-8-7-16-6-2-3-11(16)9-17/h4-5,11H,2-3,6-9,14H2,1H3. The van der Waals surface area contributed by atoms with Crippen LogP contribution in [-0.4, -0.2) is 42.1 Å². The fourth-order valence-electron chi connectivity index (χ4n) is 2.93. The number of aryl methyl sites for hydroxylation is 1.